The molecule has 0 bridgehead atoms. The van der Waals surface area contributed by atoms with E-state index in [0.29, 0.717) is 24.0 Å². The number of rotatable bonds is 3. The van der Waals surface area contributed by atoms with E-state index in [4.69, 9.17) is 0 Å². The minimum Gasteiger partial charge on any atom is -0.494 e. The molecule has 0 aromatic carbocycles. The fourth-order valence-corrected chi connectivity index (χ4v) is 1.41. The van der Waals surface area contributed by atoms with Crippen LogP contribution in [0.25, 0.3) is 0 Å². The number of carbonyl (C=O) groups is 1. The lowest BCUT2D eigenvalue weighted by atomic mass is 10.1. The molecule has 14 heavy (non-hydrogen) atoms. The molecule has 0 radical (unpaired) electrons. The Morgan fingerprint density at radius 3 is 2.71 bits per heavy atom. The van der Waals surface area contributed by atoms with Gasteiger partial charge in [0.05, 0.1) is 0 Å². The maximum Gasteiger partial charge on any atom is 0.274 e. The zero-order valence-electron chi connectivity index (χ0n) is 8.05. The summed E-state index contributed by atoms with van der Waals surface area (Å²) in [4.78, 5) is 23.8. The summed E-state index contributed by atoms with van der Waals surface area (Å²) in [5.74, 6) is -0.133. The number of aromatic amines is 1. The Balaban J connectivity index is 3.43. The van der Waals surface area contributed by atoms with Gasteiger partial charge in [-0.25, -0.2) is 0 Å². The Bertz CT molecular complexity index is 409. The molecule has 0 aliphatic rings. The van der Waals surface area contributed by atoms with Gasteiger partial charge in [0.15, 0.2) is 5.88 Å². The molecular weight excluding hydrogens is 184 g/mol. The normalized spacial score (nSPS) is 9.86. The second-order valence-electron chi connectivity index (χ2n) is 2.90. The van der Waals surface area contributed by atoms with Gasteiger partial charge in [-0.1, -0.05) is 6.92 Å². The molecule has 0 aliphatic carbocycles. The van der Waals surface area contributed by atoms with Gasteiger partial charge in [-0.2, -0.15) is 0 Å². The van der Waals surface area contributed by atoms with Crippen molar-refractivity contribution in [2.24, 2.45) is 0 Å². The highest BCUT2D eigenvalue weighted by atomic mass is 16.3. The summed E-state index contributed by atoms with van der Waals surface area (Å²) in [6.45, 7) is 3.53. The van der Waals surface area contributed by atoms with Crippen LogP contribution in [0.2, 0.25) is 0 Å². The lowest BCUT2D eigenvalue weighted by Gasteiger charge is -2.09. The first-order valence-corrected chi connectivity index (χ1v) is 4.26. The number of carbonyl (C=O) groups excluding carboxylic acids is 1. The second kappa shape index (κ2) is 3.95. The van der Waals surface area contributed by atoms with E-state index in [0.717, 1.165) is 0 Å². The highest BCUT2D eigenvalue weighted by molar-refractivity contribution is 5.73. The molecule has 1 amide bonds. The second-order valence-corrected chi connectivity index (χ2v) is 2.90. The number of hydrogen-bond acceptors (Lipinski definition) is 3. The molecule has 0 unspecified atom stereocenters. The minimum absolute atomic E-state index is 0.133. The van der Waals surface area contributed by atoms with Gasteiger partial charge in [0, 0.05) is 5.56 Å². The molecule has 5 heteroatoms. The molecule has 3 N–H and O–H groups in total. The number of hydrogen-bond donors (Lipinski definition) is 3. The topological polar surface area (TPSA) is 82.2 Å². The minimum atomic E-state index is -0.496. The maximum atomic E-state index is 11.3. The van der Waals surface area contributed by atoms with E-state index in [9.17, 15) is 14.7 Å². The molecule has 76 valence electrons. The van der Waals surface area contributed by atoms with Crippen LogP contribution in [-0.4, -0.2) is 16.5 Å². The van der Waals surface area contributed by atoms with Gasteiger partial charge >= 0.3 is 0 Å². The average Bonchev–Trinajstić information content (AvgIpc) is 2.12. The van der Waals surface area contributed by atoms with Crippen molar-refractivity contribution in [1.82, 2.24) is 4.98 Å². The van der Waals surface area contributed by atoms with Crippen LogP contribution >= 0.6 is 0 Å². The number of nitrogens with one attached hydrogen (secondary N) is 2. The molecule has 1 rings (SSSR count). The average molecular weight is 196 g/mol. The Morgan fingerprint density at radius 1 is 1.57 bits per heavy atom. The lowest BCUT2D eigenvalue weighted by molar-refractivity contribution is -0.105. The predicted molar refractivity (Wildman–Crippen MR) is 52.5 cm³/mol. The number of pyridine rings is 1. The van der Waals surface area contributed by atoms with Crippen LogP contribution in [0.4, 0.5) is 5.69 Å². The van der Waals surface area contributed by atoms with Gasteiger partial charge in [-0.3, -0.25) is 14.6 Å². The van der Waals surface area contributed by atoms with E-state index in [1.54, 1.807) is 6.92 Å². The number of aromatic nitrogens is 1. The van der Waals surface area contributed by atoms with Gasteiger partial charge in [-0.05, 0) is 18.9 Å². The summed E-state index contributed by atoms with van der Waals surface area (Å²) < 4.78 is 0. The smallest absolute Gasteiger partial charge is 0.274 e. The molecule has 0 fully saturated rings. The molecule has 0 atom stereocenters. The first kappa shape index (κ1) is 10.3. The first-order valence-electron chi connectivity index (χ1n) is 4.26. The van der Waals surface area contributed by atoms with Crippen molar-refractivity contribution >= 4 is 12.1 Å². The third-order valence-electron chi connectivity index (χ3n) is 2.13. The van der Waals surface area contributed by atoms with E-state index >= 15 is 0 Å². The van der Waals surface area contributed by atoms with E-state index in [1.807, 2.05) is 6.92 Å². The number of anilines is 1. The highest BCUT2D eigenvalue weighted by Gasteiger charge is 2.11. The van der Waals surface area contributed by atoms with E-state index in [-0.39, 0.29) is 11.6 Å². The van der Waals surface area contributed by atoms with Crippen LogP contribution in [-0.2, 0) is 11.2 Å². The quantitative estimate of drug-likeness (QED) is 0.616. The Kier molecular flexibility index (Phi) is 2.91. The predicted octanol–water partition coefficient (Wildman–Crippen LogP) is 0.520. The van der Waals surface area contributed by atoms with Crippen molar-refractivity contribution in [3.05, 3.63) is 21.5 Å². The fraction of sp³-hybridized carbons (Fsp3) is 0.333. The highest BCUT2D eigenvalue weighted by Crippen LogP contribution is 2.21. The SMILES string of the molecule is CCc1c(O)[nH]c(=O)c(NC=O)c1C. The molecular formula is C9H12N2O3. The lowest BCUT2D eigenvalue weighted by Crippen LogP contribution is -2.16. The third kappa shape index (κ3) is 1.61. The van der Waals surface area contributed by atoms with E-state index in [2.05, 4.69) is 10.3 Å². The van der Waals surface area contributed by atoms with Crippen LogP contribution in [0.15, 0.2) is 4.79 Å². The first-order chi connectivity index (χ1) is 6.61. The van der Waals surface area contributed by atoms with Crippen molar-refractivity contribution in [2.45, 2.75) is 20.3 Å². The van der Waals surface area contributed by atoms with Crippen molar-refractivity contribution in [3.63, 3.8) is 0 Å². The monoisotopic (exact) mass is 196 g/mol. The van der Waals surface area contributed by atoms with Gasteiger partial charge in [0.1, 0.15) is 5.69 Å². The fourth-order valence-electron chi connectivity index (χ4n) is 1.41. The zero-order chi connectivity index (χ0) is 10.7. The Morgan fingerprint density at radius 2 is 2.21 bits per heavy atom. The molecule has 0 spiro atoms. The van der Waals surface area contributed by atoms with Crippen LogP contribution in [0.1, 0.15) is 18.1 Å². The largest absolute Gasteiger partial charge is 0.494 e. The van der Waals surface area contributed by atoms with Gasteiger partial charge in [0.25, 0.3) is 5.56 Å². The summed E-state index contributed by atoms with van der Waals surface area (Å²) in [5, 5.41) is 11.7. The van der Waals surface area contributed by atoms with Gasteiger partial charge < -0.3 is 10.4 Å². The Labute approximate surface area is 80.8 Å². The van der Waals surface area contributed by atoms with E-state index < -0.39 is 5.56 Å². The zero-order valence-corrected chi connectivity index (χ0v) is 8.05. The van der Waals surface area contributed by atoms with Gasteiger partial charge in [0.2, 0.25) is 6.41 Å². The third-order valence-corrected chi connectivity index (χ3v) is 2.13. The molecule has 0 saturated heterocycles. The molecule has 0 aliphatic heterocycles. The summed E-state index contributed by atoms with van der Waals surface area (Å²) >= 11 is 0. The summed E-state index contributed by atoms with van der Waals surface area (Å²) in [6.07, 6.45) is 1.02. The van der Waals surface area contributed by atoms with Crippen LogP contribution in [0, 0.1) is 6.92 Å². The number of H-pyrrole nitrogens is 1. The number of amides is 1. The van der Waals surface area contributed by atoms with Gasteiger partial charge in [-0.15, -0.1) is 0 Å². The molecule has 0 saturated carbocycles. The van der Waals surface area contributed by atoms with Crippen LogP contribution < -0.4 is 10.9 Å². The van der Waals surface area contributed by atoms with Crippen LogP contribution in [0.5, 0.6) is 5.88 Å². The van der Waals surface area contributed by atoms with Crippen molar-refractivity contribution in [3.8, 4) is 5.88 Å². The molecule has 1 heterocycles. The van der Waals surface area contributed by atoms with Crippen molar-refractivity contribution < 1.29 is 9.90 Å². The molecule has 5 nitrogen and oxygen atoms in total. The summed E-state index contributed by atoms with van der Waals surface area (Å²) in [5.41, 5.74) is 0.925. The number of aromatic hydroxyl groups is 1. The maximum absolute atomic E-state index is 11.3. The van der Waals surface area contributed by atoms with Crippen molar-refractivity contribution in [2.75, 3.05) is 5.32 Å². The van der Waals surface area contributed by atoms with E-state index in [1.165, 1.54) is 0 Å². The summed E-state index contributed by atoms with van der Waals surface area (Å²) in [7, 11) is 0. The molecule has 1 aromatic rings. The van der Waals surface area contributed by atoms with Crippen molar-refractivity contribution in [1.29, 1.82) is 0 Å². The summed E-state index contributed by atoms with van der Waals surface area (Å²) in [6, 6.07) is 0. The molecule has 1 aromatic heterocycles. The standard InChI is InChI=1S/C9H12N2O3/c1-3-6-5(2)7(10-4-12)9(14)11-8(6)13/h4H,3H2,1-2H3,(H,10,12)(H2,11,13,14). The van der Waals surface area contributed by atoms with Crippen LogP contribution in [0.3, 0.4) is 0 Å². The Hall–Kier alpha value is -1.78.